The second-order valence-corrected chi connectivity index (χ2v) is 6.79. The molecule has 4 aromatic rings. The maximum absolute atomic E-state index is 12.8. The molecule has 1 N–H and O–H groups in total. The third kappa shape index (κ3) is 3.73. The number of hydrogen-bond acceptors (Lipinski definition) is 7. The SMILES string of the molecule is N#Cc1cnn(-c2ccccc2)c1NC(=O)c1ccc(COc2ccc3c(c2)OCO3)o1. The number of para-hydroxylation sites is 1. The van der Waals surface area contributed by atoms with Gasteiger partial charge in [0, 0.05) is 6.07 Å². The molecule has 0 saturated heterocycles. The van der Waals surface area contributed by atoms with Crippen molar-refractivity contribution in [3.05, 3.63) is 83.9 Å². The van der Waals surface area contributed by atoms with Crippen LogP contribution in [0.3, 0.4) is 0 Å². The highest BCUT2D eigenvalue weighted by molar-refractivity contribution is 6.02. The molecule has 2 aromatic carbocycles. The molecule has 0 radical (unpaired) electrons. The zero-order chi connectivity index (χ0) is 21.9. The Balaban J connectivity index is 1.29. The van der Waals surface area contributed by atoms with Gasteiger partial charge in [-0.3, -0.25) is 4.79 Å². The first-order valence-corrected chi connectivity index (χ1v) is 9.67. The van der Waals surface area contributed by atoms with Crippen LogP contribution in [0.15, 0.2) is 71.3 Å². The molecule has 2 aromatic heterocycles. The first-order chi connectivity index (χ1) is 15.7. The highest BCUT2D eigenvalue weighted by Gasteiger charge is 2.19. The zero-order valence-electron chi connectivity index (χ0n) is 16.6. The van der Waals surface area contributed by atoms with Gasteiger partial charge in [-0.1, -0.05) is 18.2 Å². The van der Waals surface area contributed by atoms with Crippen molar-refractivity contribution in [3.63, 3.8) is 0 Å². The molecular formula is C23H16N4O5. The van der Waals surface area contributed by atoms with Crippen molar-refractivity contribution in [3.8, 4) is 29.0 Å². The summed E-state index contributed by atoms with van der Waals surface area (Å²) in [7, 11) is 0. The van der Waals surface area contributed by atoms with Gasteiger partial charge >= 0.3 is 0 Å². The molecule has 3 heterocycles. The van der Waals surface area contributed by atoms with Crippen LogP contribution < -0.4 is 19.5 Å². The molecular weight excluding hydrogens is 412 g/mol. The van der Waals surface area contributed by atoms with E-state index in [1.165, 1.54) is 10.9 Å². The van der Waals surface area contributed by atoms with Crippen LogP contribution in [0, 0.1) is 11.3 Å². The fourth-order valence-corrected chi connectivity index (χ4v) is 3.18. The second kappa shape index (κ2) is 8.20. The summed E-state index contributed by atoms with van der Waals surface area (Å²) in [4.78, 5) is 12.8. The number of carbonyl (C=O) groups is 1. The average Bonchev–Trinajstić information content (AvgIpc) is 3.57. The van der Waals surface area contributed by atoms with Crippen LogP contribution in [-0.2, 0) is 6.61 Å². The molecule has 32 heavy (non-hydrogen) atoms. The Morgan fingerprint density at radius 2 is 1.97 bits per heavy atom. The fraction of sp³-hybridized carbons (Fsp3) is 0.0870. The number of aromatic nitrogens is 2. The highest BCUT2D eigenvalue weighted by atomic mass is 16.7. The quantitative estimate of drug-likeness (QED) is 0.496. The van der Waals surface area contributed by atoms with Crippen molar-refractivity contribution in [1.29, 1.82) is 5.26 Å². The average molecular weight is 428 g/mol. The number of nitriles is 1. The molecule has 1 aliphatic heterocycles. The molecule has 0 fully saturated rings. The molecule has 0 bridgehead atoms. The Bertz CT molecular complexity index is 1320. The van der Waals surface area contributed by atoms with Gasteiger partial charge in [0.05, 0.1) is 11.9 Å². The van der Waals surface area contributed by atoms with Crippen LogP contribution in [-0.4, -0.2) is 22.5 Å². The lowest BCUT2D eigenvalue weighted by Crippen LogP contribution is -2.15. The number of rotatable bonds is 6. The van der Waals surface area contributed by atoms with Crippen molar-refractivity contribution in [2.75, 3.05) is 12.1 Å². The van der Waals surface area contributed by atoms with Gasteiger partial charge in [-0.05, 0) is 36.4 Å². The summed E-state index contributed by atoms with van der Waals surface area (Å²) in [6, 6.07) is 19.7. The Morgan fingerprint density at radius 3 is 2.81 bits per heavy atom. The van der Waals surface area contributed by atoms with Crippen molar-refractivity contribution in [2.45, 2.75) is 6.61 Å². The van der Waals surface area contributed by atoms with Crippen LogP contribution in [0.1, 0.15) is 21.9 Å². The van der Waals surface area contributed by atoms with Gasteiger partial charge in [0.2, 0.25) is 6.79 Å². The topological polar surface area (TPSA) is 112 Å². The van der Waals surface area contributed by atoms with Crippen LogP contribution >= 0.6 is 0 Å². The number of furan rings is 1. The number of anilines is 1. The fourth-order valence-electron chi connectivity index (χ4n) is 3.18. The van der Waals surface area contributed by atoms with Gasteiger partial charge < -0.3 is 23.9 Å². The van der Waals surface area contributed by atoms with E-state index >= 15 is 0 Å². The van der Waals surface area contributed by atoms with Crippen LogP contribution in [0.2, 0.25) is 0 Å². The minimum atomic E-state index is -0.506. The largest absolute Gasteiger partial charge is 0.486 e. The van der Waals surface area contributed by atoms with Gasteiger partial charge in [0.25, 0.3) is 5.91 Å². The molecule has 1 aliphatic rings. The lowest BCUT2D eigenvalue weighted by molar-refractivity contribution is 0.0992. The summed E-state index contributed by atoms with van der Waals surface area (Å²) in [5.41, 5.74) is 0.946. The van der Waals surface area contributed by atoms with E-state index < -0.39 is 5.91 Å². The second-order valence-electron chi connectivity index (χ2n) is 6.79. The van der Waals surface area contributed by atoms with Crippen molar-refractivity contribution in [2.24, 2.45) is 0 Å². The Hall–Kier alpha value is -4.71. The molecule has 0 aliphatic carbocycles. The van der Waals surface area contributed by atoms with Crippen molar-refractivity contribution >= 4 is 11.7 Å². The minimum absolute atomic E-state index is 0.0824. The molecule has 0 atom stereocenters. The number of ether oxygens (including phenoxy) is 3. The zero-order valence-corrected chi connectivity index (χ0v) is 16.6. The molecule has 0 saturated carbocycles. The van der Waals surface area contributed by atoms with Gasteiger partial charge in [0.1, 0.15) is 29.7 Å². The Morgan fingerprint density at radius 1 is 1.12 bits per heavy atom. The van der Waals surface area contributed by atoms with Gasteiger partial charge in [-0.15, -0.1) is 0 Å². The third-order valence-corrected chi connectivity index (χ3v) is 4.73. The summed E-state index contributed by atoms with van der Waals surface area (Å²) in [5.74, 6) is 2.17. The molecule has 9 heteroatoms. The van der Waals surface area contributed by atoms with E-state index in [1.54, 1.807) is 30.3 Å². The smallest absolute Gasteiger partial charge is 0.292 e. The van der Waals surface area contributed by atoms with Gasteiger partial charge in [-0.25, -0.2) is 4.68 Å². The van der Waals surface area contributed by atoms with E-state index in [0.29, 0.717) is 28.7 Å². The highest BCUT2D eigenvalue weighted by Crippen LogP contribution is 2.35. The van der Waals surface area contributed by atoms with Gasteiger partial charge in [-0.2, -0.15) is 10.4 Å². The maximum atomic E-state index is 12.8. The number of carbonyl (C=O) groups excluding carboxylic acids is 1. The van der Waals surface area contributed by atoms with Crippen LogP contribution in [0.5, 0.6) is 17.2 Å². The maximum Gasteiger partial charge on any atom is 0.292 e. The molecule has 5 rings (SSSR count). The summed E-state index contributed by atoms with van der Waals surface area (Å²) >= 11 is 0. The van der Waals surface area contributed by atoms with E-state index in [-0.39, 0.29) is 30.5 Å². The third-order valence-electron chi connectivity index (χ3n) is 4.73. The van der Waals surface area contributed by atoms with E-state index in [0.717, 1.165) is 0 Å². The first-order valence-electron chi connectivity index (χ1n) is 9.67. The molecule has 1 amide bonds. The van der Waals surface area contributed by atoms with E-state index in [1.807, 2.05) is 36.4 Å². The number of benzene rings is 2. The summed E-state index contributed by atoms with van der Waals surface area (Å²) < 4.78 is 23.4. The normalized spacial score (nSPS) is 11.7. The number of hydrogen-bond donors (Lipinski definition) is 1. The van der Waals surface area contributed by atoms with Crippen LogP contribution in [0.4, 0.5) is 5.82 Å². The predicted molar refractivity (Wildman–Crippen MR) is 112 cm³/mol. The monoisotopic (exact) mass is 428 g/mol. The number of nitrogens with zero attached hydrogens (tertiary/aromatic N) is 3. The van der Waals surface area contributed by atoms with E-state index in [4.69, 9.17) is 18.6 Å². The lowest BCUT2D eigenvalue weighted by Gasteiger charge is -2.08. The summed E-state index contributed by atoms with van der Waals surface area (Å²) in [6.45, 7) is 0.310. The molecule has 9 nitrogen and oxygen atoms in total. The van der Waals surface area contributed by atoms with Crippen molar-refractivity contribution in [1.82, 2.24) is 9.78 Å². The molecule has 0 unspecified atom stereocenters. The molecule has 0 spiro atoms. The number of amides is 1. The number of fused-ring (bicyclic) bond motifs is 1. The van der Waals surface area contributed by atoms with Gasteiger partial charge in [0.15, 0.2) is 23.1 Å². The Labute approximate surface area is 182 Å². The molecule has 158 valence electrons. The van der Waals surface area contributed by atoms with Crippen LogP contribution in [0.25, 0.3) is 5.69 Å². The Kier molecular flexibility index (Phi) is 4.94. The van der Waals surface area contributed by atoms with Crippen molar-refractivity contribution < 1.29 is 23.4 Å². The lowest BCUT2D eigenvalue weighted by atomic mass is 10.3. The van der Waals surface area contributed by atoms with E-state index in [9.17, 15) is 10.1 Å². The summed E-state index contributed by atoms with van der Waals surface area (Å²) in [6.07, 6.45) is 1.40. The standard InChI is InChI=1S/C23H16N4O5/c24-11-15-12-25-27(16-4-2-1-3-5-16)22(15)26-23(28)20-9-7-18(32-20)13-29-17-6-8-19-21(10-17)31-14-30-19/h1-10,12H,13-14H2,(H,26,28). The van der Waals surface area contributed by atoms with E-state index in [2.05, 4.69) is 10.4 Å². The minimum Gasteiger partial charge on any atom is -0.486 e. The first kappa shape index (κ1) is 19.3. The predicted octanol–water partition coefficient (Wildman–Crippen LogP) is 3.90. The number of nitrogens with one attached hydrogen (secondary N) is 1. The summed E-state index contributed by atoms with van der Waals surface area (Å²) in [5, 5.41) is 16.3.